The minimum absolute atomic E-state index is 0.229. The van der Waals surface area contributed by atoms with E-state index in [9.17, 15) is 4.79 Å². The zero-order valence-electron chi connectivity index (χ0n) is 15.6. The number of amides is 1. The number of ether oxygens (including phenoxy) is 1. The molecule has 0 unspecified atom stereocenters. The monoisotopic (exact) mass is 398 g/mol. The molecule has 142 valence electrons. The molecule has 0 saturated carbocycles. The van der Waals surface area contributed by atoms with Crippen LogP contribution < -0.4 is 10.1 Å². The van der Waals surface area contributed by atoms with Crippen LogP contribution in [0.4, 0.5) is 0 Å². The van der Waals surface area contributed by atoms with E-state index in [2.05, 4.69) is 22.1 Å². The fourth-order valence-corrected chi connectivity index (χ4v) is 3.66. The molecule has 1 N–H and O–H groups in total. The lowest BCUT2D eigenvalue weighted by Crippen LogP contribution is -2.23. The maximum atomic E-state index is 12.2. The Bertz CT molecular complexity index is 1180. The van der Waals surface area contributed by atoms with Crippen molar-refractivity contribution in [2.24, 2.45) is 0 Å². The number of carbonyl (C=O) groups is 1. The number of nitrogens with one attached hydrogen (secondary N) is 1. The predicted octanol–water partition coefficient (Wildman–Crippen LogP) is 4.78. The number of hydrogen-bond donors (Lipinski definition) is 1. The first kappa shape index (κ1) is 18.7. The summed E-state index contributed by atoms with van der Waals surface area (Å²) in [4.78, 5) is 16.6. The quantitative estimate of drug-likeness (QED) is 0.493. The van der Waals surface area contributed by atoms with Crippen molar-refractivity contribution in [1.29, 1.82) is 0 Å². The first-order chi connectivity index (χ1) is 14.3. The molecule has 0 saturated heterocycles. The Morgan fingerprint density at radius 1 is 0.966 bits per heavy atom. The Morgan fingerprint density at radius 2 is 1.76 bits per heavy atom. The SMILES string of the molecule is O=C(NCC#CCOc1cccc2ccccc12)c1csc(-c2ccccc2)n1. The summed E-state index contributed by atoms with van der Waals surface area (Å²) in [5.74, 6) is 6.42. The van der Waals surface area contributed by atoms with Gasteiger partial charge in [-0.15, -0.1) is 11.3 Å². The summed E-state index contributed by atoms with van der Waals surface area (Å²) < 4.78 is 5.77. The summed E-state index contributed by atoms with van der Waals surface area (Å²) in [6.45, 7) is 0.509. The highest BCUT2D eigenvalue weighted by molar-refractivity contribution is 7.13. The second-order valence-electron chi connectivity index (χ2n) is 6.21. The van der Waals surface area contributed by atoms with Crippen LogP contribution in [0.3, 0.4) is 0 Å². The van der Waals surface area contributed by atoms with Gasteiger partial charge in [-0.3, -0.25) is 4.79 Å². The lowest BCUT2D eigenvalue weighted by molar-refractivity contribution is 0.0954. The smallest absolute Gasteiger partial charge is 0.271 e. The van der Waals surface area contributed by atoms with E-state index in [4.69, 9.17) is 4.74 Å². The van der Waals surface area contributed by atoms with Crippen molar-refractivity contribution in [2.45, 2.75) is 0 Å². The van der Waals surface area contributed by atoms with Crippen LogP contribution in [0.2, 0.25) is 0 Å². The molecule has 4 nitrogen and oxygen atoms in total. The third-order valence-electron chi connectivity index (χ3n) is 4.27. The van der Waals surface area contributed by atoms with Crippen LogP contribution >= 0.6 is 11.3 Å². The maximum Gasteiger partial charge on any atom is 0.271 e. The molecule has 0 aliphatic heterocycles. The third kappa shape index (κ3) is 4.63. The molecule has 0 aliphatic rings. The van der Waals surface area contributed by atoms with E-state index in [-0.39, 0.29) is 19.1 Å². The summed E-state index contributed by atoms with van der Waals surface area (Å²) in [5, 5.41) is 7.54. The molecule has 0 atom stereocenters. The molecule has 3 aromatic carbocycles. The van der Waals surface area contributed by atoms with Gasteiger partial charge in [0.25, 0.3) is 5.91 Å². The van der Waals surface area contributed by atoms with Gasteiger partial charge in [0.1, 0.15) is 23.1 Å². The second kappa shape index (κ2) is 9.05. The van der Waals surface area contributed by atoms with E-state index in [1.54, 1.807) is 5.38 Å². The topological polar surface area (TPSA) is 51.2 Å². The number of thiazole rings is 1. The standard InChI is InChI=1S/C24H18N2O2S/c27-23(21-17-29-24(26-21)19-10-2-1-3-11-19)25-15-6-7-16-28-22-14-8-12-18-9-4-5-13-20(18)22/h1-5,8-14,17H,15-16H2,(H,25,27). The molecule has 0 spiro atoms. The van der Waals surface area contributed by atoms with Gasteiger partial charge >= 0.3 is 0 Å². The summed E-state index contributed by atoms with van der Waals surface area (Å²) in [6.07, 6.45) is 0. The van der Waals surface area contributed by atoms with E-state index in [1.807, 2.05) is 72.8 Å². The van der Waals surface area contributed by atoms with Gasteiger partial charge in [0.05, 0.1) is 6.54 Å². The van der Waals surface area contributed by atoms with Gasteiger partial charge in [0.2, 0.25) is 0 Å². The Morgan fingerprint density at radius 3 is 2.66 bits per heavy atom. The van der Waals surface area contributed by atoms with Crippen LogP contribution in [0.5, 0.6) is 5.75 Å². The molecular weight excluding hydrogens is 380 g/mol. The minimum Gasteiger partial charge on any atom is -0.480 e. The van der Waals surface area contributed by atoms with E-state index >= 15 is 0 Å². The molecule has 0 radical (unpaired) electrons. The Labute approximate surface area is 173 Å². The largest absolute Gasteiger partial charge is 0.480 e. The van der Waals surface area contributed by atoms with Crippen LogP contribution in [0.15, 0.2) is 78.2 Å². The molecule has 1 aromatic heterocycles. The van der Waals surface area contributed by atoms with Gasteiger partial charge in [0, 0.05) is 16.3 Å². The predicted molar refractivity (Wildman–Crippen MR) is 117 cm³/mol. The van der Waals surface area contributed by atoms with Crippen molar-refractivity contribution in [3.8, 4) is 28.2 Å². The first-order valence-corrected chi connectivity index (χ1v) is 10.0. The second-order valence-corrected chi connectivity index (χ2v) is 7.06. The van der Waals surface area contributed by atoms with Crippen molar-refractivity contribution >= 4 is 28.0 Å². The van der Waals surface area contributed by atoms with Gasteiger partial charge in [0.15, 0.2) is 0 Å². The molecule has 4 aromatic rings. The molecule has 1 heterocycles. The summed E-state index contributed by atoms with van der Waals surface area (Å²) in [6, 6.07) is 23.8. The summed E-state index contributed by atoms with van der Waals surface area (Å²) in [7, 11) is 0. The van der Waals surface area contributed by atoms with Gasteiger partial charge in [-0.2, -0.15) is 0 Å². The summed E-state index contributed by atoms with van der Waals surface area (Å²) in [5.41, 5.74) is 1.41. The number of nitrogens with zero attached hydrogens (tertiary/aromatic N) is 1. The number of carbonyl (C=O) groups excluding carboxylic acids is 1. The van der Waals surface area contributed by atoms with E-state index < -0.39 is 0 Å². The lowest BCUT2D eigenvalue weighted by atomic mass is 10.1. The Hall–Kier alpha value is -3.62. The van der Waals surface area contributed by atoms with Crippen molar-refractivity contribution in [3.63, 3.8) is 0 Å². The highest BCUT2D eigenvalue weighted by Crippen LogP contribution is 2.25. The van der Waals surface area contributed by atoms with Crippen molar-refractivity contribution in [1.82, 2.24) is 10.3 Å². The molecular formula is C24H18N2O2S. The van der Waals surface area contributed by atoms with Crippen molar-refractivity contribution in [2.75, 3.05) is 13.2 Å². The molecule has 0 fully saturated rings. The molecule has 1 amide bonds. The number of hydrogen-bond acceptors (Lipinski definition) is 4. The van der Waals surface area contributed by atoms with E-state index in [0.717, 1.165) is 27.1 Å². The zero-order chi connectivity index (χ0) is 19.9. The van der Waals surface area contributed by atoms with Crippen LogP contribution in [0.25, 0.3) is 21.3 Å². The van der Waals surface area contributed by atoms with Gasteiger partial charge in [-0.05, 0) is 11.5 Å². The van der Waals surface area contributed by atoms with Gasteiger partial charge < -0.3 is 10.1 Å². The fraction of sp³-hybridized carbons (Fsp3) is 0.0833. The van der Waals surface area contributed by atoms with Gasteiger partial charge in [-0.1, -0.05) is 78.6 Å². The fourth-order valence-electron chi connectivity index (χ4n) is 2.86. The Balaban J connectivity index is 1.28. The number of benzene rings is 3. The maximum absolute atomic E-state index is 12.2. The zero-order valence-corrected chi connectivity index (χ0v) is 16.4. The van der Waals surface area contributed by atoms with Gasteiger partial charge in [-0.25, -0.2) is 4.98 Å². The average molecular weight is 398 g/mol. The first-order valence-electron chi connectivity index (χ1n) is 9.17. The number of rotatable bonds is 5. The minimum atomic E-state index is -0.229. The van der Waals surface area contributed by atoms with Crippen LogP contribution in [0.1, 0.15) is 10.5 Å². The van der Waals surface area contributed by atoms with Crippen molar-refractivity contribution in [3.05, 3.63) is 83.9 Å². The lowest BCUT2D eigenvalue weighted by Gasteiger charge is -2.06. The third-order valence-corrected chi connectivity index (χ3v) is 5.16. The van der Waals surface area contributed by atoms with Crippen LogP contribution in [0, 0.1) is 11.8 Å². The Kier molecular flexibility index (Phi) is 5.84. The average Bonchev–Trinajstić information content (AvgIpc) is 3.27. The van der Waals surface area contributed by atoms with Crippen LogP contribution in [-0.4, -0.2) is 24.0 Å². The molecule has 4 rings (SSSR count). The summed E-state index contributed by atoms with van der Waals surface area (Å²) >= 11 is 1.45. The number of aromatic nitrogens is 1. The molecule has 0 bridgehead atoms. The molecule has 29 heavy (non-hydrogen) atoms. The van der Waals surface area contributed by atoms with Crippen LogP contribution in [-0.2, 0) is 0 Å². The van der Waals surface area contributed by atoms with E-state index in [1.165, 1.54) is 11.3 Å². The number of fused-ring (bicyclic) bond motifs is 1. The van der Waals surface area contributed by atoms with E-state index in [0.29, 0.717) is 5.69 Å². The highest BCUT2D eigenvalue weighted by atomic mass is 32.1. The highest BCUT2D eigenvalue weighted by Gasteiger charge is 2.10. The van der Waals surface area contributed by atoms with Crippen molar-refractivity contribution < 1.29 is 9.53 Å². The normalized spacial score (nSPS) is 10.2. The molecule has 5 heteroatoms. The molecule has 0 aliphatic carbocycles.